The maximum absolute atomic E-state index is 12.6. The zero-order valence-corrected chi connectivity index (χ0v) is 13.1. The molecule has 2 nitrogen and oxygen atoms in total. The molecule has 6 rings (SSSR count). The second-order valence-electron chi connectivity index (χ2n) is 8.53. The van der Waals surface area contributed by atoms with Crippen molar-refractivity contribution >= 4 is 5.78 Å². The number of carbonyl (C=O) groups excluding carboxylic acids is 1. The van der Waals surface area contributed by atoms with Crippen LogP contribution in [0.15, 0.2) is 30.3 Å². The first-order chi connectivity index (χ1) is 10.8. The fourth-order valence-corrected chi connectivity index (χ4v) is 7.80. The van der Waals surface area contributed by atoms with E-state index in [1.807, 2.05) is 0 Å². The van der Waals surface area contributed by atoms with Crippen LogP contribution < -0.4 is 0 Å². The fourth-order valence-electron chi connectivity index (χ4n) is 7.80. The molecular weight excluding hydrogens is 270 g/mol. The highest BCUT2D eigenvalue weighted by molar-refractivity contribution is 5.91. The Morgan fingerprint density at radius 3 is 2.64 bits per heavy atom. The van der Waals surface area contributed by atoms with E-state index in [2.05, 4.69) is 42.3 Å². The molecule has 0 amide bonds. The van der Waals surface area contributed by atoms with Gasteiger partial charge in [0.2, 0.25) is 0 Å². The number of benzene rings is 1. The molecule has 8 unspecified atom stereocenters. The van der Waals surface area contributed by atoms with Crippen LogP contribution in [0.3, 0.4) is 0 Å². The van der Waals surface area contributed by atoms with Crippen molar-refractivity contribution in [2.24, 2.45) is 47.3 Å². The van der Waals surface area contributed by atoms with E-state index in [0.29, 0.717) is 17.6 Å². The molecule has 5 saturated carbocycles. The smallest absolute Gasteiger partial charge is 0.140 e. The van der Waals surface area contributed by atoms with Crippen molar-refractivity contribution in [2.45, 2.75) is 18.9 Å². The molecule has 1 aromatic rings. The third-order valence-electron chi connectivity index (χ3n) is 8.17. The average molecular weight is 293 g/mol. The summed E-state index contributed by atoms with van der Waals surface area (Å²) in [4.78, 5) is 15.3. The van der Waals surface area contributed by atoms with E-state index >= 15 is 0 Å². The van der Waals surface area contributed by atoms with Crippen LogP contribution in [0.2, 0.25) is 0 Å². The number of Topliss-reactive ketones (excluding diaryl/α,β-unsaturated/α-hetero) is 1. The van der Waals surface area contributed by atoms with E-state index in [9.17, 15) is 4.79 Å². The lowest BCUT2D eigenvalue weighted by molar-refractivity contribution is -0.137. The molecule has 0 aromatic heterocycles. The van der Waals surface area contributed by atoms with E-state index in [0.717, 1.165) is 54.5 Å². The summed E-state index contributed by atoms with van der Waals surface area (Å²) in [7, 11) is 2.32. The molecule has 1 aromatic carbocycles. The first-order valence-corrected chi connectivity index (χ1v) is 9.05. The third kappa shape index (κ3) is 1.16. The minimum atomic E-state index is 0.471. The van der Waals surface area contributed by atoms with Gasteiger partial charge in [-0.25, -0.2) is 0 Å². The Morgan fingerprint density at radius 1 is 1.00 bits per heavy atom. The maximum Gasteiger partial charge on any atom is 0.140 e. The molecule has 0 heterocycles. The van der Waals surface area contributed by atoms with Gasteiger partial charge in [0.1, 0.15) is 5.78 Å². The van der Waals surface area contributed by atoms with E-state index in [4.69, 9.17) is 0 Å². The summed E-state index contributed by atoms with van der Waals surface area (Å²) >= 11 is 0. The number of likely N-dealkylation sites (N-methyl/N-ethyl adjacent to an activating group) is 1. The largest absolute Gasteiger partial charge is 0.302 e. The highest BCUT2D eigenvalue weighted by atomic mass is 16.1. The van der Waals surface area contributed by atoms with E-state index < -0.39 is 0 Å². The van der Waals surface area contributed by atoms with Crippen molar-refractivity contribution in [1.82, 2.24) is 4.90 Å². The lowest BCUT2D eigenvalue weighted by atomic mass is 9.58. The molecule has 5 fully saturated rings. The van der Waals surface area contributed by atoms with Gasteiger partial charge in [0, 0.05) is 24.4 Å². The lowest BCUT2D eigenvalue weighted by Gasteiger charge is -2.48. The summed E-state index contributed by atoms with van der Waals surface area (Å²) in [5.74, 6) is 6.59. The maximum atomic E-state index is 12.6. The second kappa shape index (κ2) is 3.84. The zero-order valence-electron chi connectivity index (χ0n) is 13.1. The van der Waals surface area contributed by atoms with Gasteiger partial charge in [0.25, 0.3) is 0 Å². The van der Waals surface area contributed by atoms with Gasteiger partial charge < -0.3 is 4.90 Å². The topological polar surface area (TPSA) is 20.3 Å². The Hall–Kier alpha value is -1.15. The molecule has 0 aliphatic heterocycles. The predicted molar refractivity (Wildman–Crippen MR) is 84.1 cm³/mol. The van der Waals surface area contributed by atoms with Crippen LogP contribution in [0.25, 0.3) is 0 Å². The van der Waals surface area contributed by atoms with Gasteiger partial charge in [0.05, 0.1) is 0 Å². The Kier molecular flexibility index (Phi) is 2.15. The van der Waals surface area contributed by atoms with Gasteiger partial charge in [-0.05, 0) is 61.0 Å². The number of hydrogen-bond donors (Lipinski definition) is 0. The molecular formula is C20H23NO. The summed E-state index contributed by atoms with van der Waals surface area (Å²) in [5, 5.41) is 0. The zero-order chi connectivity index (χ0) is 14.6. The van der Waals surface area contributed by atoms with Crippen LogP contribution in [-0.2, 0) is 11.2 Å². The van der Waals surface area contributed by atoms with Crippen LogP contribution in [0.5, 0.6) is 0 Å². The summed E-state index contributed by atoms with van der Waals surface area (Å²) in [5.41, 5.74) is 1.44. The monoisotopic (exact) mass is 293 g/mol. The Labute approximate surface area is 131 Å². The summed E-state index contributed by atoms with van der Waals surface area (Å²) in [6, 6.07) is 11.5. The summed E-state index contributed by atoms with van der Waals surface area (Å²) in [6.45, 7) is 1.14. The number of ketones is 1. The van der Waals surface area contributed by atoms with E-state index in [-0.39, 0.29) is 0 Å². The highest BCUT2D eigenvalue weighted by Gasteiger charge is 2.83. The van der Waals surface area contributed by atoms with Crippen molar-refractivity contribution in [3.05, 3.63) is 35.9 Å². The number of rotatable bonds is 4. The normalized spacial score (nSPS) is 52.1. The number of fused-ring (bicyclic) bond motifs is 2. The quantitative estimate of drug-likeness (QED) is 0.850. The third-order valence-corrected chi connectivity index (χ3v) is 8.17. The number of nitrogens with zero attached hydrogens (tertiary/aromatic N) is 1. The molecule has 0 spiro atoms. The van der Waals surface area contributed by atoms with E-state index in [1.54, 1.807) is 0 Å². The van der Waals surface area contributed by atoms with Crippen LogP contribution >= 0.6 is 0 Å². The number of carbonyl (C=O) groups is 1. The molecule has 0 N–H and O–H groups in total. The van der Waals surface area contributed by atoms with Crippen molar-refractivity contribution in [3.63, 3.8) is 0 Å². The van der Waals surface area contributed by atoms with Gasteiger partial charge in [-0.2, -0.15) is 0 Å². The van der Waals surface area contributed by atoms with Crippen molar-refractivity contribution in [1.29, 1.82) is 0 Å². The lowest BCUT2D eigenvalue weighted by Crippen LogP contribution is -2.55. The first-order valence-electron chi connectivity index (χ1n) is 9.05. The molecule has 5 aliphatic carbocycles. The fraction of sp³-hybridized carbons (Fsp3) is 0.650. The molecule has 22 heavy (non-hydrogen) atoms. The van der Waals surface area contributed by atoms with Gasteiger partial charge in [-0.3, -0.25) is 4.79 Å². The Balaban J connectivity index is 1.25. The predicted octanol–water partition coefficient (Wildman–Crippen LogP) is 2.49. The van der Waals surface area contributed by atoms with Gasteiger partial charge >= 0.3 is 0 Å². The van der Waals surface area contributed by atoms with Crippen LogP contribution in [0.4, 0.5) is 0 Å². The van der Waals surface area contributed by atoms with Crippen LogP contribution in [-0.4, -0.2) is 30.3 Å². The molecule has 2 bridgehead atoms. The van der Waals surface area contributed by atoms with Crippen molar-refractivity contribution in [3.8, 4) is 0 Å². The van der Waals surface area contributed by atoms with E-state index in [1.165, 1.54) is 12.0 Å². The standard InChI is InChI=1S/C20H23NO/c1-21(8-7-10-5-3-2-4-6-10)19-15-11-9-12-14-13(11)17(19)18(14)20(22)16(12)15/h2-6,11-19H,7-9H2,1H3/t11?,12?,13?,14?,15?,16?,17?,18?,19-/m0/s1. The van der Waals surface area contributed by atoms with Crippen molar-refractivity contribution in [2.75, 3.05) is 13.6 Å². The molecule has 5 aliphatic rings. The highest BCUT2D eigenvalue weighted by Crippen LogP contribution is 2.82. The minimum absolute atomic E-state index is 0.471. The van der Waals surface area contributed by atoms with Gasteiger partial charge in [-0.1, -0.05) is 30.3 Å². The van der Waals surface area contributed by atoms with Crippen molar-refractivity contribution < 1.29 is 4.79 Å². The molecule has 9 atom stereocenters. The SMILES string of the molecule is CN(CCc1ccccc1)[C@H]1C2C3CC4C2C(=O)C2C4C3C21. The molecule has 114 valence electrons. The Bertz CT molecular complexity index is 655. The average Bonchev–Trinajstić information content (AvgIpc) is 3.04. The molecule has 2 heteroatoms. The number of hydrogen-bond acceptors (Lipinski definition) is 2. The summed E-state index contributed by atoms with van der Waals surface area (Å²) < 4.78 is 0. The van der Waals surface area contributed by atoms with Gasteiger partial charge in [0.15, 0.2) is 0 Å². The Morgan fingerprint density at radius 2 is 1.82 bits per heavy atom. The molecule has 0 radical (unpaired) electrons. The minimum Gasteiger partial charge on any atom is -0.302 e. The van der Waals surface area contributed by atoms with Gasteiger partial charge in [-0.15, -0.1) is 0 Å². The first kappa shape index (κ1) is 12.3. The van der Waals surface area contributed by atoms with Crippen LogP contribution in [0.1, 0.15) is 12.0 Å². The van der Waals surface area contributed by atoms with Crippen LogP contribution in [0, 0.1) is 47.3 Å². The second-order valence-corrected chi connectivity index (χ2v) is 8.53. The summed E-state index contributed by atoms with van der Waals surface area (Å²) in [6.07, 6.45) is 2.53. The molecule has 0 saturated heterocycles.